The van der Waals surface area contributed by atoms with Gasteiger partial charge in [0.2, 0.25) is 10.0 Å². The minimum absolute atomic E-state index is 0.0203. The van der Waals surface area contributed by atoms with Crippen molar-refractivity contribution in [2.75, 3.05) is 20.7 Å². The standard InChI is InChI=1S/C18H20F3NO3S/c1-13-8-9-15(12-16(13)18(19,20)21)26(23,24)22(2)11-10-14-6-4-5-7-17(14)25-3/h4-9,12H,10-11H2,1-3H3. The van der Waals surface area contributed by atoms with Gasteiger partial charge >= 0.3 is 6.18 Å². The summed E-state index contributed by atoms with van der Waals surface area (Å²) in [5, 5.41) is 0. The summed E-state index contributed by atoms with van der Waals surface area (Å²) in [5.41, 5.74) is -0.151. The van der Waals surface area contributed by atoms with Crippen molar-refractivity contribution in [3.63, 3.8) is 0 Å². The maximum atomic E-state index is 13.0. The molecule has 0 aromatic heterocycles. The second kappa shape index (κ2) is 7.67. The highest BCUT2D eigenvalue weighted by atomic mass is 32.2. The number of para-hydroxylation sites is 1. The van der Waals surface area contributed by atoms with Gasteiger partial charge in [0.15, 0.2) is 0 Å². The predicted molar refractivity (Wildman–Crippen MR) is 92.7 cm³/mol. The molecule has 4 nitrogen and oxygen atoms in total. The highest BCUT2D eigenvalue weighted by Crippen LogP contribution is 2.33. The summed E-state index contributed by atoms with van der Waals surface area (Å²) in [7, 11) is -1.17. The van der Waals surface area contributed by atoms with Crippen LogP contribution in [0.5, 0.6) is 5.75 Å². The van der Waals surface area contributed by atoms with Crippen LogP contribution in [0.25, 0.3) is 0 Å². The van der Waals surface area contributed by atoms with E-state index in [2.05, 4.69) is 0 Å². The van der Waals surface area contributed by atoms with Crippen LogP contribution in [0, 0.1) is 6.92 Å². The molecule has 0 aliphatic carbocycles. The molecule has 142 valence electrons. The van der Waals surface area contributed by atoms with Crippen molar-refractivity contribution in [2.45, 2.75) is 24.4 Å². The quantitative estimate of drug-likeness (QED) is 0.756. The van der Waals surface area contributed by atoms with Crippen molar-refractivity contribution in [3.8, 4) is 5.75 Å². The summed E-state index contributed by atoms with van der Waals surface area (Å²) in [6, 6.07) is 10.2. The second-order valence-electron chi connectivity index (χ2n) is 5.86. The van der Waals surface area contributed by atoms with Gasteiger partial charge in [-0.3, -0.25) is 0 Å². The smallest absolute Gasteiger partial charge is 0.416 e. The molecule has 2 aromatic carbocycles. The maximum absolute atomic E-state index is 13.0. The molecule has 0 fully saturated rings. The average molecular weight is 387 g/mol. The van der Waals surface area contributed by atoms with E-state index in [9.17, 15) is 21.6 Å². The Morgan fingerprint density at radius 1 is 1.12 bits per heavy atom. The van der Waals surface area contributed by atoms with Crippen molar-refractivity contribution < 1.29 is 26.3 Å². The molecular weight excluding hydrogens is 367 g/mol. The molecule has 0 atom stereocenters. The third kappa shape index (κ3) is 4.37. The first-order valence-corrected chi connectivity index (χ1v) is 9.27. The summed E-state index contributed by atoms with van der Waals surface area (Å²) in [6.45, 7) is 1.41. The number of aryl methyl sites for hydroxylation is 1. The number of benzene rings is 2. The summed E-state index contributed by atoms with van der Waals surface area (Å²) in [4.78, 5) is -0.377. The largest absolute Gasteiger partial charge is 0.496 e. The molecule has 0 N–H and O–H groups in total. The number of alkyl halides is 3. The van der Waals surface area contributed by atoms with E-state index in [0.717, 1.165) is 9.87 Å². The van der Waals surface area contributed by atoms with Gasteiger partial charge in [0.1, 0.15) is 5.75 Å². The molecule has 0 amide bonds. The van der Waals surface area contributed by atoms with E-state index in [-0.39, 0.29) is 17.0 Å². The molecule has 0 unspecified atom stereocenters. The topological polar surface area (TPSA) is 46.6 Å². The van der Waals surface area contributed by atoms with Gasteiger partial charge in [-0.1, -0.05) is 24.3 Å². The number of hydrogen-bond acceptors (Lipinski definition) is 3. The van der Waals surface area contributed by atoms with Gasteiger partial charge < -0.3 is 4.74 Å². The molecule has 0 saturated carbocycles. The Morgan fingerprint density at radius 2 is 1.77 bits per heavy atom. The van der Waals surface area contributed by atoms with E-state index in [1.165, 1.54) is 33.2 Å². The zero-order chi connectivity index (χ0) is 19.5. The number of halogens is 3. The summed E-state index contributed by atoms with van der Waals surface area (Å²) < 4.78 is 70.7. The molecule has 0 saturated heterocycles. The van der Waals surface area contributed by atoms with Crippen LogP contribution in [0.2, 0.25) is 0 Å². The Kier molecular flexibility index (Phi) is 5.98. The van der Waals surface area contributed by atoms with E-state index in [0.29, 0.717) is 18.2 Å². The number of hydrogen-bond donors (Lipinski definition) is 0. The van der Waals surface area contributed by atoms with E-state index >= 15 is 0 Å². The van der Waals surface area contributed by atoms with Crippen LogP contribution in [0.3, 0.4) is 0 Å². The number of rotatable bonds is 6. The lowest BCUT2D eigenvalue weighted by molar-refractivity contribution is -0.138. The summed E-state index contributed by atoms with van der Waals surface area (Å²) in [5.74, 6) is 0.632. The number of methoxy groups -OCH3 is 1. The molecule has 8 heteroatoms. The van der Waals surface area contributed by atoms with Crippen LogP contribution in [0.1, 0.15) is 16.7 Å². The Bertz CT molecular complexity index is 879. The lowest BCUT2D eigenvalue weighted by Gasteiger charge is -2.19. The van der Waals surface area contributed by atoms with Gasteiger partial charge in [-0.15, -0.1) is 0 Å². The Labute approximate surface area is 151 Å². The van der Waals surface area contributed by atoms with E-state index in [1.54, 1.807) is 12.1 Å². The van der Waals surface area contributed by atoms with E-state index < -0.39 is 21.8 Å². The summed E-state index contributed by atoms with van der Waals surface area (Å²) >= 11 is 0. The third-order valence-corrected chi connectivity index (χ3v) is 5.96. The fourth-order valence-electron chi connectivity index (χ4n) is 2.55. The molecule has 0 radical (unpaired) electrons. The predicted octanol–water partition coefficient (Wildman–Crippen LogP) is 3.89. The first-order valence-electron chi connectivity index (χ1n) is 7.83. The molecule has 2 rings (SSSR count). The van der Waals surface area contributed by atoms with Gasteiger partial charge in [-0.2, -0.15) is 13.2 Å². The van der Waals surface area contributed by atoms with E-state index in [1.807, 2.05) is 12.1 Å². The normalized spacial score (nSPS) is 12.4. The van der Waals surface area contributed by atoms with Crippen LogP contribution >= 0.6 is 0 Å². The fraction of sp³-hybridized carbons (Fsp3) is 0.333. The zero-order valence-electron chi connectivity index (χ0n) is 14.7. The van der Waals surface area contributed by atoms with Gasteiger partial charge in [0.05, 0.1) is 17.6 Å². The molecule has 0 bridgehead atoms. The zero-order valence-corrected chi connectivity index (χ0v) is 15.5. The lowest BCUT2D eigenvalue weighted by atomic mass is 10.1. The third-order valence-electron chi connectivity index (χ3n) is 4.11. The van der Waals surface area contributed by atoms with Gasteiger partial charge in [-0.05, 0) is 42.7 Å². The van der Waals surface area contributed by atoms with Crippen LogP contribution in [-0.4, -0.2) is 33.4 Å². The number of likely N-dealkylation sites (N-methyl/N-ethyl adjacent to an activating group) is 1. The molecule has 0 spiro atoms. The van der Waals surface area contributed by atoms with Crippen molar-refractivity contribution in [1.29, 1.82) is 0 Å². The van der Waals surface area contributed by atoms with Gasteiger partial charge in [0, 0.05) is 13.6 Å². The number of nitrogens with zero attached hydrogens (tertiary/aromatic N) is 1. The van der Waals surface area contributed by atoms with Gasteiger partial charge in [-0.25, -0.2) is 12.7 Å². The number of ether oxygens (including phenoxy) is 1. The van der Waals surface area contributed by atoms with Crippen molar-refractivity contribution in [3.05, 3.63) is 59.2 Å². The first-order chi connectivity index (χ1) is 12.1. The van der Waals surface area contributed by atoms with Crippen LogP contribution in [-0.2, 0) is 22.6 Å². The molecule has 2 aromatic rings. The Hall–Kier alpha value is -2.06. The van der Waals surface area contributed by atoms with Crippen molar-refractivity contribution >= 4 is 10.0 Å². The van der Waals surface area contributed by atoms with Gasteiger partial charge in [0.25, 0.3) is 0 Å². The Balaban J connectivity index is 2.24. The first kappa shape index (κ1) is 20.3. The minimum atomic E-state index is -4.61. The molecule has 0 heterocycles. The van der Waals surface area contributed by atoms with Crippen LogP contribution in [0.15, 0.2) is 47.4 Å². The maximum Gasteiger partial charge on any atom is 0.416 e. The molecule has 26 heavy (non-hydrogen) atoms. The molecule has 0 aliphatic heterocycles. The minimum Gasteiger partial charge on any atom is -0.496 e. The second-order valence-corrected chi connectivity index (χ2v) is 7.91. The monoisotopic (exact) mass is 387 g/mol. The highest BCUT2D eigenvalue weighted by Gasteiger charge is 2.34. The van der Waals surface area contributed by atoms with Crippen LogP contribution in [0.4, 0.5) is 13.2 Å². The van der Waals surface area contributed by atoms with E-state index in [4.69, 9.17) is 4.74 Å². The average Bonchev–Trinajstić information content (AvgIpc) is 2.58. The number of sulfonamides is 1. The van der Waals surface area contributed by atoms with Crippen LogP contribution < -0.4 is 4.74 Å². The Morgan fingerprint density at radius 3 is 2.38 bits per heavy atom. The fourth-order valence-corrected chi connectivity index (χ4v) is 3.75. The highest BCUT2D eigenvalue weighted by molar-refractivity contribution is 7.89. The SMILES string of the molecule is COc1ccccc1CCN(C)S(=O)(=O)c1ccc(C)c(C(F)(F)F)c1. The summed E-state index contributed by atoms with van der Waals surface area (Å²) in [6.07, 6.45) is -4.23. The van der Waals surface area contributed by atoms with Crippen molar-refractivity contribution in [1.82, 2.24) is 4.31 Å². The lowest BCUT2D eigenvalue weighted by Crippen LogP contribution is -2.29. The molecular formula is C18H20F3NO3S. The van der Waals surface area contributed by atoms with Crippen molar-refractivity contribution in [2.24, 2.45) is 0 Å². The molecule has 0 aliphatic rings.